The first-order valence-corrected chi connectivity index (χ1v) is 7.46. The zero-order valence-electron chi connectivity index (χ0n) is 13.8. The van der Waals surface area contributed by atoms with E-state index in [0.29, 0.717) is 6.04 Å². The van der Waals surface area contributed by atoms with Gasteiger partial charge in [-0.3, -0.25) is 14.8 Å². The molecule has 5 heteroatoms. The molecule has 1 amide bonds. The third kappa shape index (κ3) is 2.75. The summed E-state index contributed by atoms with van der Waals surface area (Å²) in [6.07, 6.45) is 0.588. The van der Waals surface area contributed by atoms with Crippen LogP contribution in [0.5, 0.6) is 0 Å². The lowest BCUT2D eigenvalue weighted by Crippen LogP contribution is -2.46. The van der Waals surface area contributed by atoms with Gasteiger partial charge in [0.15, 0.2) is 0 Å². The molecule has 2 heterocycles. The molecule has 0 spiro atoms. The van der Waals surface area contributed by atoms with Crippen LogP contribution < -0.4 is 4.90 Å². The van der Waals surface area contributed by atoms with Gasteiger partial charge in [0.05, 0.1) is 18.5 Å². The van der Waals surface area contributed by atoms with Crippen molar-refractivity contribution in [3.05, 3.63) is 23.0 Å². The number of amides is 1. The summed E-state index contributed by atoms with van der Waals surface area (Å²) >= 11 is 0. The first-order chi connectivity index (χ1) is 9.90. The van der Waals surface area contributed by atoms with Crippen LogP contribution >= 0.6 is 0 Å². The monoisotopic (exact) mass is 291 g/mol. The van der Waals surface area contributed by atoms with Crippen molar-refractivity contribution in [3.8, 4) is 0 Å². The van der Waals surface area contributed by atoms with Crippen LogP contribution in [0, 0.1) is 13.8 Å². The Morgan fingerprint density at radius 1 is 1.52 bits per heavy atom. The molecule has 0 saturated carbocycles. The Hall–Kier alpha value is -1.62. The van der Waals surface area contributed by atoms with Crippen LogP contribution in [0.4, 0.5) is 10.5 Å². The smallest absolute Gasteiger partial charge is 0.414 e. The van der Waals surface area contributed by atoms with Crippen LogP contribution in [-0.4, -0.2) is 42.7 Å². The second-order valence-electron chi connectivity index (χ2n) is 5.80. The van der Waals surface area contributed by atoms with Gasteiger partial charge in [-0.25, -0.2) is 4.79 Å². The highest BCUT2D eigenvalue weighted by molar-refractivity contribution is 5.91. The lowest BCUT2D eigenvalue weighted by atomic mass is 9.90. The number of nitrogens with zero attached hydrogens (tertiary/aromatic N) is 3. The Bertz CT molecular complexity index is 545. The van der Waals surface area contributed by atoms with Crippen LogP contribution in [0.15, 0.2) is 6.07 Å². The maximum atomic E-state index is 12.2. The molecule has 0 N–H and O–H groups in total. The molecule has 1 aromatic rings. The Kier molecular flexibility index (Phi) is 4.52. The highest BCUT2D eigenvalue weighted by Crippen LogP contribution is 2.41. The SMILES string of the molecule is CCN(C)C1CC(C)N(C(=O)OC)c2c1cc(C)nc2C. The van der Waals surface area contributed by atoms with Gasteiger partial charge in [-0.1, -0.05) is 6.92 Å². The van der Waals surface area contributed by atoms with Gasteiger partial charge in [-0.2, -0.15) is 0 Å². The number of hydrogen-bond acceptors (Lipinski definition) is 4. The van der Waals surface area contributed by atoms with Gasteiger partial charge in [0.1, 0.15) is 0 Å². The van der Waals surface area contributed by atoms with E-state index in [9.17, 15) is 4.79 Å². The van der Waals surface area contributed by atoms with Crippen LogP contribution in [0.3, 0.4) is 0 Å². The Morgan fingerprint density at radius 3 is 2.76 bits per heavy atom. The molecule has 1 aromatic heterocycles. The number of anilines is 1. The molecule has 5 nitrogen and oxygen atoms in total. The Labute approximate surface area is 126 Å². The second kappa shape index (κ2) is 6.02. The van der Waals surface area contributed by atoms with Crippen molar-refractivity contribution in [2.24, 2.45) is 0 Å². The first kappa shape index (κ1) is 15.8. The summed E-state index contributed by atoms with van der Waals surface area (Å²) in [6, 6.07) is 2.49. The molecule has 1 aliphatic heterocycles. The molecular weight excluding hydrogens is 266 g/mol. The fourth-order valence-corrected chi connectivity index (χ4v) is 3.20. The third-order valence-electron chi connectivity index (χ3n) is 4.33. The lowest BCUT2D eigenvalue weighted by Gasteiger charge is -2.42. The number of carbonyl (C=O) groups excluding carboxylic acids is 1. The van der Waals surface area contributed by atoms with Crippen LogP contribution in [0.2, 0.25) is 0 Å². The number of rotatable bonds is 2. The van der Waals surface area contributed by atoms with E-state index < -0.39 is 0 Å². The topological polar surface area (TPSA) is 45.7 Å². The van der Waals surface area contributed by atoms with Crippen LogP contribution in [0.1, 0.15) is 43.3 Å². The molecule has 2 unspecified atom stereocenters. The number of fused-ring (bicyclic) bond motifs is 1. The fraction of sp³-hybridized carbons (Fsp3) is 0.625. The quantitative estimate of drug-likeness (QED) is 0.840. The highest BCUT2D eigenvalue weighted by Gasteiger charge is 2.37. The number of aromatic nitrogens is 1. The lowest BCUT2D eigenvalue weighted by molar-refractivity contribution is 0.168. The van der Waals surface area contributed by atoms with Crippen molar-refractivity contribution in [3.63, 3.8) is 0 Å². The predicted molar refractivity (Wildman–Crippen MR) is 83.7 cm³/mol. The molecule has 0 radical (unpaired) electrons. The summed E-state index contributed by atoms with van der Waals surface area (Å²) in [5, 5.41) is 0. The molecule has 0 aromatic carbocycles. The van der Waals surface area contributed by atoms with E-state index in [1.165, 1.54) is 12.7 Å². The van der Waals surface area contributed by atoms with Crippen molar-refractivity contribution in [2.75, 3.05) is 25.6 Å². The molecule has 21 heavy (non-hydrogen) atoms. The Morgan fingerprint density at radius 2 is 2.19 bits per heavy atom. The van der Waals surface area contributed by atoms with Gasteiger partial charge in [0.2, 0.25) is 0 Å². The molecule has 1 aliphatic rings. The summed E-state index contributed by atoms with van der Waals surface area (Å²) in [7, 11) is 3.55. The second-order valence-corrected chi connectivity index (χ2v) is 5.80. The standard InChI is InChI=1S/C16H25N3O2/c1-7-18(5)14-9-11(3)19(16(20)21-6)15-12(4)17-10(2)8-13(14)15/h8,11,14H,7,9H2,1-6H3. The number of carbonyl (C=O) groups is 1. The molecule has 0 aliphatic carbocycles. The van der Waals surface area contributed by atoms with E-state index >= 15 is 0 Å². The zero-order chi connectivity index (χ0) is 15.7. The summed E-state index contributed by atoms with van der Waals surface area (Å²) in [6.45, 7) is 9.14. The van der Waals surface area contributed by atoms with Crippen LogP contribution in [0.25, 0.3) is 0 Å². The molecular formula is C16H25N3O2. The Balaban J connectivity index is 2.61. The van der Waals surface area contributed by atoms with Gasteiger partial charge < -0.3 is 4.74 Å². The number of methoxy groups -OCH3 is 1. The van der Waals surface area contributed by atoms with Crippen molar-refractivity contribution < 1.29 is 9.53 Å². The number of hydrogen-bond donors (Lipinski definition) is 0. The average molecular weight is 291 g/mol. The maximum Gasteiger partial charge on any atom is 0.414 e. The highest BCUT2D eigenvalue weighted by atomic mass is 16.5. The molecule has 0 bridgehead atoms. The van der Waals surface area contributed by atoms with Gasteiger partial charge in [-0.05, 0) is 52.4 Å². The maximum absolute atomic E-state index is 12.2. The van der Waals surface area contributed by atoms with E-state index in [1.54, 1.807) is 4.90 Å². The number of aryl methyl sites for hydroxylation is 2. The molecule has 2 atom stereocenters. The minimum atomic E-state index is -0.310. The number of pyridine rings is 1. The van der Waals surface area contributed by atoms with E-state index in [2.05, 4.69) is 36.8 Å². The molecule has 116 valence electrons. The van der Waals surface area contributed by atoms with Crippen LogP contribution in [-0.2, 0) is 4.74 Å². The first-order valence-electron chi connectivity index (χ1n) is 7.46. The predicted octanol–water partition coefficient (Wildman–Crippen LogP) is 3.06. The van der Waals surface area contributed by atoms with Gasteiger partial charge in [0.25, 0.3) is 0 Å². The van der Waals surface area contributed by atoms with Crippen molar-refractivity contribution in [2.45, 2.75) is 46.2 Å². The summed E-state index contributed by atoms with van der Waals surface area (Å²) in [5.41, 5.74) is 3.96. The van der Waals surface area contributed by atoms with Gasteiger partial charge in [-0.15, -0.1) is 0 Å². The summed E-state index contributed by atoms with van der Waals surface area (Å²) < 4.78 is 4.97. The van der Waals surface area contributed by atoms with Crippen molar-refractivity contribution in [1.82, 2.24) is 9.88 Å². The minimum absolute atomic E-state index is 0.0900. The molecule has 0 saturated heterocycles. The average Bonchev–Trinajstić information content (AvgIpc) is 2.45. The minimum Gasteiger partial charge on any atom is -0.452 e. The summed E-state index contributed by atoms with van der Waals surface area (Å²) in [5.74, 6) is 0. The third-order valence-corrected chi connectivity index (χ3v) is 4.33. The largest absolute Gasteiger partial charge is 0.452 e. The zero-order valence-corrected chi connectivity index (χ0v) is 13.8. The normalized spacial score (nSPS) is 21.4. The van der Waals surface area contributed by atoms with E-state index in [-0.39, 0.29) is 12.1 Å². The van der Waals surface area contributed by atoms with E-state index in [0.717, 1.165) is 30.0 Å². The van der Waals surface area contributed by atoms with E-state index in [1.807, 2.05) is 13.8 Å². The van der Waals surface area contributed by atoms with Crippen molar-refractivity contribution in [1.29, 1.82) is 0 Å². The van der Waals surface area contributed by atoms with Gasteiger partial charge in [0, 0.05) is 17.8 Å². The molecule has 0 fully saturated rings. The van der Waals surface area contributed by atoms with Gasteiger partial charge >= 0.3 is 6.09 Å². The number of ether oxygens (including phenoxy) is 1. The van der Waals surface area contributed by atoms with Crippen molar-refractivity contribution >= 4 is 11.8 Å². The van der Waals surface area contributed by atoms with E-state index in [4.69, 9.17) is 4.74 Å². The molecule has 2 rings (SSSR count). The summed E-state index contributed by atoms with van der Waals surface area (Å²) in [4.78, 5) is 20.8. The fourth-order valence-electron chi connectivity index (χ4n) is 3.20.